The number of hydrogen-bond donors (Lipinski definition) is 1. The van der Waals surface area contributed by atoms with Crippen LogP contribution in [0.1, 0.15) is 59.6 Å². The minimum Gasteiger partial charge on any atom is -0.322 e. The van der Waals surface area contributed by atoms with E-state index in [9.17, 15) is 18.0 Å². The number of aromatic nitrogens is 2. The number of aryl methyl sites for hydroxylation is 1. The quantitative estimate of drug-likeness (QED) is 0.868. The van der Waals surface area contributed by atoms with Gasteiger partial charge in [-0.25, -0.2) is 0 Å². The molecule has 1 aromatic heterocycles. The number of halogens is 3. The van der Waals surface area contributed by atoms with E-state index in [-0.39, 0.29) is 0 Å². The van der Waals surface area contributed by atoms with Gasteiger partial charge in [-0.2, -0.15) is 18.3 Å². The molecule has 1 aliphatic rings. The number of carbonyl (C=O) groups excluding carboxylic acids is 1. The summed E-state index contributed by atoms with van der Waals surface area (Å²) in [7, 11) is 1.36. The van der Waals surface area contributed by atoms with Crippen LogP contribution in [0, 0.1) is 0 Å². The summed E-state index contributed by atoms with van der Waals surface area (Å²) in [6.45, 7) is 0. The Labute approximate surface area is 144 Å². The van der Waals surface area contributed by atoms with Crippen LogP contribution in [0.25, 0.3) is 0 Å². The number of amides is 1. The highest BCUT2D eigenvalue weighted by Gasteiger charge is 2.39. The molecule has 3 rings (SSSR count). The van der Waals surface area contributed by atoms with Crippen molar-refractivity contribution in [1.29, 1.82) is 0 Å². The number of anilines is 1. The zero-order valence-electron chi connectivity index (χ0n) is 13.9. The second-order valence-electron chi connectivity index (χ2n) is 6.44. The molecule has 7 heteroatoms. The van der Waals surface area contributed by atoms with E-state index in [0.717, 1.165) is 42.1 Å². The second kappa shape index (κ2) is 6.90. The minimum absolute atomic E-state index is 0.334. The van der Waals surface area contributed by atoms with Gasteiger partial charge in [0.25, 0.3) is 5.91 Å². The smallest absolute Gasteiger partial charge is 0.322 e. The third-order valence-electron chi connectivity index (χ3n) is 4.60. The van der Waals surface area contributed by atoms with Crippen LogP contribution in [0.2, 0.25) is 0 Å². The lowest BCUT2D eigenvalue weighted by Gasteiger charge is -2.24. The average molecular weight is 351 g/mol. The number of alkyl halides is 3. The van der Waals surface area contributed by atoms with Gasteiger partial charge in [0, 0.05) is 18.9 Å². The Morgan fingerprint density at radius 2 is 1.88 bits per heavy atom. The van der Waals surface area contributed by atoms with Crippen molar-refractivity contribution < 1.29 is 18.0 Å². The molecule has 0 unspecified atom stereocenters. The molecule has 0 saturated heterocycles. The Bertz CT molecular complexity index is 761. The summed E-state index contributed by atoms with van der Waals surface area (Å²) in [6, 6.07) is 7.35. The van der Waals surface area contributed by atoms with Crippen molar-refractivity contribution >= 4 is 11.6 Å². The number of nitrogens with one attached hydrogen (secondary N) is 1. The molecule has 1 saturated carbocycles. The van der Waals surface area contributed by atoms with Crippen molar-refractivity contribution in [3.63, 3.8) is 0 Å². The normalized spacial score (nSPS) is 16.0. The summed E-state index contributed by atoms with van der Waals surface area (Å²) < 4.78 is 40.2. The molecule has 1 aliphatic carbocycles. The Morgan fingerprint density at radius 1 is 1.20 bits per heavy atom. The lowest BCUT2D eigenvalue weighted by Crippen LogP contribution is -2.19. The first kappa shape index (κ1) is 17.5. The molecule has 1 amide bonds. The number of rotatable bonds is 3. The number of nitrogens with zero attached hydrogens (tertiary/aromatic N) is 2. The van der Waals surface area contributed by atoms with E-state index in [0.29, 0.717) is 11.6 Å². The van der Waals surface area contributed by atoms with E-state index in [1.807, 2.05) is 12.1 Å². The Morgan fingerprint density at radius 3 is 2.56 bits per heavy atom. The van der Waals surface area contributed by atoms with E-state index < -0.39 is 23.3 Å². The molecule has 25 heavy (non-hydrogen) atoms. The Kier molecular flexibility index (Phi) is 4.83. The molecule has 1 heterocycles. The van der Waals surface area contributed by atoms with Gasteiger partial charge < -0.3 is 5.32 Å². The van der Waals surface area contributed by atoms with Crippen LogP contribution in [-0.4, -0.2) is 15.7 Å². The summed E-state index contributed by atoms with van der Waals surface area (Å²) in [5.41, 5.74) is -0.0551. The summed E-state index contributed by atoms with van der Waals surface area (Å²) in [5, 5.41) is 6.05. The number of benzene rings is 1. The molecule has 0 bridgehead atoms. The fourth-order valence-corrected chi connectivity index (χ4v) is 3.43. The second-order valence-corrected chi connectivity index (χ2v) is 6.44. The van der Waals surface area contributed by atoms with E-state index in [2.05, 4.69) is 10.4 Å². The maximum absolute atomic E-state index is 13.1. The molecule has 0 aliphatic heterocycles. The lowest BCUT2D eigenvalue weighted by atomic mass is 9.83. The Hall–Kier alpha value is -2.31. The van der Waals surface area contributed by atoms with Gasteiger partial charge in [0.15, 0.2) is 5.69 Å². The molecule has 0 atom stereocenters. The number of carbonyl (C=O) groups is 1. The van der Waals surface area contributed by atoms with Crippen molar-refractivity contribution in [3.05, 3.63) is 47.3 Å². The van der Waals surface area contributed by atoms with Gasteiger partial charge in [-0.3, -0.25) is 9.48 Å². The monoisotopic (exact) mass is 351 g/mol. The first-order valence-electron chi connectivity index (χ1n) is 8.37. The van der Waals surface area contributed by atoms with Gasteiger partial charge in [0.1, 0.15) is 0 Å². The molecule has 1 aromatic carbocycles. The van der Waals surface area contributed by atoms with Crippen molar-refractivity contribution in [2.45, 2.75) is 44.2 Å². The largest absolute Gasteiger partial charge is 0.435 e. The summed E-state index contributed by atoms with van der Waals surface area (Å²) in [6.07, 6.45) is 1.97. The maximum Gasteiger partial charge on any atom is 0.435 e. The van der Waals surface area contributed by atoms with Crippen molar-refractivity contribution in [2.24, 2.45) is 7.05 Å². The Balaban J connectivity index is 1.87. The van der Waals surface area contributed by atoms with Crippen LogP contribution in [0.3, 0.4) is 0 Å². The molecule has 0 radical (unpaired) electrons. The molecule has 2 aromatic rings. The highest BCUT2D eigenvalue weighted by Crippen LogP contribution is 2.37. The molecular formula is C18H20F3N3O. The van der Waals surface area contributed by atoms with E-state index in [1.54, 1.807) is 12.1 Å². The molecule has 1 N–H and O–H groups in total. The van der Waals surface area contributed by atoms with Gasteiger partial charge in [-0.15, -0.1) is 0 Å². The van der Waals surface area contributed by atoms with Crippen molar-refractivity contribution in [1.82, 2.24) is 9.78 Å². The van der Waals surface area contributed by atoms with Gasteiger partial charge in [-0.1, -0.05) is 37.5 Å². The molecule has 0 spiro atoms. The first-order chi connectivity index (χ1) is 11.9. The van der Waals surface area contributed by atoms with Crippen molar-refractivity contribution in [3.8, 4) is 0 Å². The van der Waals surface area contributed by atoms with Crippen LogP contribution in [0.15, 0.2) is 30.5 Å². The van der Waals surface area contributed by atoms with Gasteiger partial charge in [0.05, 0.1) is 5.56 Å². The maximum atomic E-state index is 13.1. The predicted molar refractivity (Wildman–Crippen MR) is 88.4 cm³/mol. The van der Waals surface area contributed by atoms with Crippen LogP contribution in [0.4, 0.5) is 18.9 Å². The lowest BCUT2D eigenvalue weighted by molar-refractivity contribution is -0.141. The van der Waals surface area contributed by atoms with Crippen LogP contribution in [-0.2, 0) is 13.2 Å². The minimum atomic E-state index is -4.67. The third kappa shape index (κ3) is 3.86. The van der Waals surface area contributed by atoms with Gasteiger partial charge in [0.2, 0.25) is 0 Å². The third-order valence-corrected chi connectivity index (χ3v) is 4.60. The molecule has 1 fully saturated rings. The average Bonchev–Trinajstić information content (AvgIpc) is 2.99. The highest BCUT2D eigenvalue weighted by atomic mass is 19.4. The highest BCUT2D eigenvalue weighted by molar-refractivity contribution is 6.05. The van der Waals surface area contributed by atoms with E-state index >= 15 is 0 Å². The summed E-state index contributed by atoms with van der Waals surface area (Å²) in [5.74, 6) is -0.454. The molecule has 134 valence electrons. The SMILES string of the molecule is Cn1cc(C(=O)Nc2ccccc2C2CCCCC2)c(C(F)(F)F)n1. The van der Waals surface area contributed by atoms with Crippen LogP contribution < -0.4 is 5.32 Å². The molecular weight excluding hydrogens is 331 g/mol. The first-order valence-corrected chi connectivity index (χ1v) is 8.37. The zero-order chi connectivity index (χ0) is 18.0. The van der Waals surface area contributed by atoms with E-state index in [4.69, 9.17) is 0 Å². The fourth-order valence-electron chi connectivity index (χ4n) is 3.43. The van der Waals surface area contributed by atoms with Gasteiger partial charge in [-0.05, 0) is 30.4 Å². The predicted octanol–water partition coefficient (Wildman–Crippen LogP) is 4.74. The van der Waals surface area contributed by atoms with E-state index in [1.165, 1.54) is 13.5 Å². The summed E-state index contributed by atoms with van der Waals surface area (Å²) >= 11 is 0. The van der Waals surface area contributed by atoms with Crippen LogP contribution in [0.5, 0.6) is 0 Å². The molecule has 4 nitrogen and oxygen atoms in total. The number of para-hydroxylation sites is 1. The zero-order valence-corrected chi connectivity index (χ0v) is 13.9. The standard InChI is InChI=1S/C18H20F3N3O/c1-24-11-14(16(23-24)18(19,20)21)17(25)22-15-10-6-5-9-13(15)12-7-3-2-4-8-12/h5-6,9-12H,2-4,7-8H2,1H3,(H,22,25). The van der Waals surface area contributed by atoms with Crippen molar-refractivity contribution in [2.75, 3.05) is 5.32 Å². The van der Waals surface area contributed by atoms with Gasteiger partial charge >= 0.3 is 6.18 Å². The fraction of sp³-hybridized carbons (Fsp3) is 0.444. The topological polar surface area (TPSA) is 46.9 Å². The van der Waals surface area contributed by atoms with Crippen LogP contribution >= 0.6 is 0 Å². The summed E-state index contributed by atoms with van der Waals surface area (Å²) in [4.78, 5) is 12.5. The number of hydrogen-bond acceptors (Lipinski definition) is 2.